The van der Waals surface area contributed by atoms with Gasteiger partial charge in [0.1, 0.15) is 5.82 Å². The Morgan fingerprint density at radius 2 is 1.87 bits per heavy atom. The highest BCUT2D eigenvalue weighted by atomic mass is 32.1. The zero-order chi connectivity index (χ0) is 27.0. The SMILES string of the molecule is CN(C(=O)NCCCn1c(-c2ccc(N3CCOCC3)cc2)csc1=Nc1ccc(F)cn1)c1ccccc1. The van der Waals surface area contributed by atoms with Crippen molar-refractivity contribution in [3.8, 4) is 11.3 Å². The molecule has 1 fully saturated rings. The molecule has 0 atom stereocenters. The van der Waals surface area contributed by atoms with E-state index < -0.39 is 5.82 Å². The summed E-state index contributed by atoms with van der Waals surface area (Å²) in [6, 6.07) is 20.8. The van der Waals surface area contributed by atoms with E-state index in [1.165, 1.54) is 29.3 Å². The molecule has 10 heteroatoms. The van der Waals surface area contributed by atoms with Gasteiger partial charge in [0.05, 0.1) is 25.1 Å². The van der Waals surface area contributed by atoms with Crippen LogP contribution in [0.4, 0.5) is 26.4 Å². The second kappa shape index (κ2) is 12.7. The second-order valence-electron chi connectivity index (χ2n) is 9.13. The molecule has 202 valence electrons. The van der Waals surface area contributed by atoms with Gasteiger partial charge in [-0.25, -0.2) is 19.2 Å². The molecule has 2 aromatic carbocycles. The number of hydrogen-bond acceptors (Lipinski definition) is 6. The van der Waals surface area contributed by atoms with Crippen LogP contribution in [0.1, 0.15) is 6.42 Å². The molecule has 2 amide bonds. The molecule has 3 heterocycles. The number of rotatable bonds is 8. The van der Waals surface area contributed by atoms with Crippen molar-refractivity contribution in [1.29, 1.82) is 0 Å². The number of nitrogens with one attached hydrogen (secondary N) is 1. The lowest BCUT2D eigenvalue weighted by Crippen LogP contribution is -2.38. The van der Waals surface area contributed by atoms with Gasteiger partial charge in [-0.3, -0.25) is 4.90 Å². The number of thiazole rings is 1. The standard InChI is InChI=1S/C29H31FN6O2S/c1-34(24-6-3-2-4-7-24)28(37)31-14-5-15-36-26(21-39-29(36)33-27-13-10-23(30)20-32-27)22-8-11-25(12-9-22)35-16-18-38-19-17-35/h2-4,6-13,20-21H,5,14-19H2,1H3,(H,31,37). The molecule has 1 aliphatic heterocycles. The van der Waals surface area contributed by atoms with Crippen molar-refractivity contribution in [3.63, 3.8) is 0 Å². The number of ether oxygens (including phenoxy) is 1. The Hall–Kier alpha value is -4.02. The topological polar surface area (TPSA) is 75.0 Å². The van der Waals surface area contributed by atoms with E-state index in [2.05, 4.69) is 54.4 Å². The summed E-state index contributed by atoms with van der Waals surface area (Å²) in [5, 5.41) is 5.08. The van der Waals surface area contributed by atoms with Gasteiger partial charge in [-0.05, 0) is 48.4 Å². The number of morpholine rings is 1. The fourth-order valence-corrected chi connectivity index (χ4v) is 5.33. The minimum atomic E-state index is -0.398. The summed E-state index contributed by atoms with van der Waals surface area (Å²) in [6.45, 7) is 4.40. The lowest BCUT2D eigenvalue weighted by molar-refractivity contribution is 0.122. The van der Waals surface area contributed by atoms with Crippen LogP contribution in [-0.4, -0.2) is 55.5 Å². The quantitative estimate of drug-likeness (QED) is 0.314. The Labute approximate surface area is 231 Å². The molecule has 8 nitrogen and oxygen atoms in total. The number of para-hydroxylation sites is 1. The average molecular weight is 547 g/mol. The molecule has 1 N–H and O–H groups in total. The molecule has 0 saturated carbocycles. The number of benzene rings is 2. The third-order valence-electron chi connectivity index (χ3n) is 6.54. The van der Waals surface area contributed by atoms with Crippen LogP contribution >= 0.6 is 11.3 Å². The molecule has 0 radical (unpaired) electrons. The van der Waals surface area contributed by atoms with Crippen LogP contribution in [0.15, 0.2) is 83.3 Å². The van der Waals surface area contributed by atoms with E-state index in [1.54, 1.807) is 18.0 Å². The average Bonchev–Trinajstić information content (AvgIpc) is 3.39. The highest BCUT2D eigenvalue weighted by Crippen LogP contribution is 2.25. The van der Waals surface area contributed by atoms with Crippen molar-refractivity contribution in [2.24, 2.45) is 4.99 Å². The molecule has 2 aromatic heterocycles. The van der Waals surface area contributed by atoms with Gasteiger partial charge in [-0.15, -0.1) is 11.3 Å². The summed E-state index contributed by atoms with van der Waals surface area (Å²) in [6.07, 6.45) is 1.87. The molecule has 0 bridgehead atoms. The fraction of sp³-hybridized carbons (Fsp3) is 0.276. The number of urea groups is 1. The first-order valence-corrected chi connectivity index (χ1v) is 13.8. The first-order chi connectivity index (χ1) is 19.1. The fourth-order valence-electron chi connectivity index (χ4n) is 4.38. The minimum Gasteiger partial charge on any atom is -0.378 e. The number of carbonyl (C=O) groups is 1. The maximum absolute atomic E-state index is 13.4. The van der Waals surface area contributed by atoms with Gasteiger partial charge in [-0.2, -0.15) is 0 Å². The van der Waals surface area contributed by atoms with Crippen LogP contribution in [0, 0.1) is 5.82 Å². The number of hydrogen-bond donors (Lipinski definition) is 1. The van der Waals surface area contributed by atoms with Gasteiger partial charge in [0.2, 0.25) is 0 Å². The van der Waals surface area contributed by atoms with E-state index >= 15 is 0 Å². The molecule has 0 spiro atoms. The van der Waals surface area contributed by atoms with Crippen molar-refractivity contribution in [1.82, 2.24) is 14.9 Å². The molecule has 1 saturated heterocycles. The molecule has 5 rings (SSSR count). The van der Waals surface area contributed by atoms with Gasteiger partial charge < -0.3 is 19.5 Å². The van der Waals surface area contributed by atoms with Crippen LogP contribution in [0.2, 0.25) is 0 Å². The predicted octanol–water partition coefficient (Wildman–Crippen LogP) is 5.06. The van der Waals surface area contributed by atoms with Crippen LogP contribution in [-0.2, 0) is 11.3 Å². The van der Waals surface area contributed by atoms with Crippen LogP contribution in [0.25, 0.3) is 11.3 Å². The largest absolute Gasteiger partial charge is 0.378 e. The molecular formula is C29H31FN6O2S. The maximum atomic E-state index is 13.4. The first kappa shape index (κ1) is 26.6. The highest BCUT2D eigenvalue weighted by Gasteiger charge is 2.14. The summed E-state index contributed by atoms with van der Waals surface area (Å²) in [7, 11) is 1.75. The Kier molecular flexibility index (Phi) is 8.65. The number of amides is 2. The van der Waals surface area contributed by atoms with E-state index in [-0.39, 0.29) is 6.03 Å². The Balaban J connectivity index is 1.33. The molecular weight excluding hydrogens is 515 g/mol. The number of pyridine rings is 1. The van der Waals surface area contributed by atoms with Crippen molar-refractivity contribution in [3.05, 3.63) is 88.9 Å². The number of carbonyl (C=O) groups excluding carboxylic acids is 1. The second-order valence-corrected chi connectivity index (χ2v) is 9.96. The lowest BCUT2D eigenvalue weighted by Gasteiger charge is -2.28. The van der Waals surface area contributed by atoms with Gasteiger partial charge in [0.15, 0.2) is 10.6 Å². The van der Waals surface area contributed by atoms with E-state index in [4.69, 9.17) is 4.74 Å². The van der Waals surface area contributed by atoms with Crippen molar-refractivity contribution < 1.29 is 13.9 Å². The molecule has 4 aromatic rings. The summed E-state index contributed by atoms with van der Waals surface area (Å²) in [5.74, 6) is 0.0456. The zero-order valence-corrected chi connectivity index (χ0v) is 22.6. The number of anilines is 2. The molecule has 39 heavy (non-hydrogen) atoms. The van der Waals surface area contributed by atoms with Crippen LogP contribution in [0.3, 0.4) is 0 Å². The van der Waals surface area contributed by atoms with Gasteiger partial charge >= 0.3 is 6.03 Å². The third kappa shape index (κ3) is 6.71. The van der Waals surface area contributed by atoms with Gasteiger partial charge in [-0.1, -0.05) is 30.3 Å². The summed E-state index contributed by atoms with van der Waals surface area (Å²) in [5.41, 5.74) is 4.11. The zero-order valence-electron chi connectivity index (χ0n) is 21.8. The van der Waals surface area contributed by atoms with Gasteiger partial charge in [0, 0.05) is 50.0 Å². The number of nitrogens with zero attached hydrogens (tertiary/aromatic N) is 5. The minimum absolute atomic E-state index is 0.157. The van der Waals surface area contributed by atoms with Crippen LogP contribution < -0.4 is 19.9 Å². The van der Waals surface area contributed by atoms with Crippen molar-refractivity contribution >= 4 is 34.6 Å². The first-order valence-electron chi connectivity index (χ1n) is 12.9. The summed E-state index contributed by atoms with van der Waals surface area (Å²) < 4.78 is 21.0. The monoisotopic (exact) mass is 546 g/mol. The summed E-state index contributed by atoms with van der Waals surface area (Å²) >= 11 is 1.51. The highest BCUT2D eigenvalue weighted by molar-refractivity contribution is 7.07. The number of halogens is 1. The van der Waals surface area contributed by atoms with E-state index in [0.717, 1.165) is 48.0 Å². The van der Waals surface area contributed by atoms with E-state index in [1.807, 2.05) is 30.3 Å². The smallest absolute Gasteiger partial charge is 0.321 e. The predicted molar refractivity (Wildman–Crippen MR) is 153 cm³/mol. The van der Waals surface area contributed by atoms with E-state index in [0.29, 0.717) is 25.3 Å². The third-order valence-corrected chi connectivity index (χ3v) is 7.41. The maximum Gasteiger partial charge on any atom is 0.321 e. The normalized spacial score (nSPS) is 13.9. The Morgan fingerprint density at radius 3 is 2.59 bits per heavy atom. The Bertz CT molecular complexity index is 1430. The van der Waals surface area contributed by atoms with Crippen molar-refractivity contribution in [2.75, 3.05) is 49.7 Å². The number of aromatic nitrogens is 2. The molecule has 0 aliphatic carbocycles. The van der Waals surface area contributed by atoms with Gasteiger partial charge in [0.25, 0.3) is 0 Å². The summed E-state index contributed by atoms with van der Waals surface area (Å²) in [4.78, 5) is 26.1. The van der Waals surface area contributed by atoms with Crippen molar-refractivity contribution in [2.45, 2.75) is 13.0 Å². The molecule has 0 unspecified atom stereocenters. The van der Waals surface area contributed by atoms with Crippen LogP contribution in [0.5, 0.6) is 0 Å². The van der Waals surface area contributed by atoms with E-state index in [9.17, 15) is 9.18 Å². The molecule has 1 aliphatic rings. The Morgan fingerprint density at radius 1 is 1.10 bits per heavy atom. The lowest BCUT2D eigenvalue weighted by atomic mass is 10.1.